The Balaban J connectivity index is 3.01. The van der Waals surface area contributed by atoms with Gasteiger partial charge in [0.1, 0.15) is 12.1 Å². The molecule has 2 N–H and O–H groups in total. The van der Waals surface area contributed by atoms with E-state index in [0.29, 0.717) is 5.01 Å². The standard InChI is InChI=1S/C18H25ClN4O5/c1-12(2)15(17(25)28-3)21-16(24)14(11-13-7-5-4-6-8-13)20-18(26)23(22-27)10-9-19/h4-8,12,14-15H,9-11H2,1-3H3,(H,20,26)(H,21,24)/t14-,15-/m0/s1. The topological polar surface area (TPSA) is 117 Å². The van der Waals surface area contributed by atoms with Gasteiger partial charge >= 0.3 is 12.0 Å². The van der Waals surface area contributed by atoms with Gasteiger partial charge in [0, 0.05) is 12.3 Å². The Morgan fingerprint density at radius 3 is 2.32 bits per heavy atom. The van der Waals surface area contributed by atoms with Gasteiger partial charge in [0.15, 0.2) is 0 Å². The number of carbonyl (C=O) groups excluding carboxylic acids is 3. The summed E-state index contributed by atoms with van der Waals surface area (Å²) in [4.78, 5) is 47.8. The van der Waals surface area contributed by atoms with Crippen molar-refractivity contribution in [2.45, 2.75) is 32.4 Å². The van der Waals surface area contributed by atoms with Crippen molar-refractivity contribution >= 4 is 29.5 Å². The van der Waals surface area contributed by atoms with Gasteiger partial charge in [-0.3, -0.25) is 4.79 Å². The van der Waals surface area contributed by atoms with E-state index in [1.54, 1.807) is 38.1 Å². The van der Waals surface area contributed by atoms with Gasteiger partial charge in [0.25, 0.3) is 0 Å². The van der Waals surface area contributed by atoms with Gasteiger partial charge in [-0.25, -0.2) is 9.59 Å². The van der Waals surface area contributed by atoms with Gasteiger partial charge in [0.2, 0.25) is 5.91 Å². The Bertz CT molecular complexity index is 671. The Morgan fingerprint density at radius 1 is 1.18 bits per heavy atom. The minimum absolute atomic E-state index is 0.00642. The maximum atomic E-state index is 12.8. The number of ether oxygens (including phenoxy) is 1. The van der Waals surface area contributed by atoms with Crippen LogP contribution in [0.25, 0.3) is 0 Å². The number of nitroso groups, excluding NO2 is 1. The molecule has 0 fully saturated rings. The summed E-state index contributed by atoms with van der Waals surface area (Å²) in [5.41, 5.74) is 0.782. The molecule has 28 heavy (non-hydrogen) atoms. The third-order valence-corrected chi connectivity index (χ3v) is 4.11. The summed E-state index contributed by atoms with van der Waals surface area (Å²) in [5, 5.41) is 8.28. The molecule has 2 atom stereocenters. The largest absolute Gasteiger partial charge is 0.467 e. The summed E-state index contributed by atoms with van der Waals surface area (Å²) < 4.78 is 4.72. The molecule has 1 aromatic rings. The molecule has 10 heteroatoms. The van der Waals surface area contributed by atoms with Gasteiger partial charge in [-0.05, 0) is 11.5 Å². The number of alkyl halides is 1. The average molecular weight is 413 g/mol. The highest BCUT2D eigenvalue weighted by Gasteiger charge is 2.30. The molecule has 0 bridgehead atoms. The molecular weight excluding hydrogens is 388 g/mol. The normalized spacial score (nSPS) is 12.6. The van der Waals surface area contributed by atoms with Crippen LogP contribution in [0.2, 0.25) is 0 Å². The Hall–Kier alpha value is -2.68. The second-order valence-corrected chi connectivity index (χ2v) is 6.72. The predicted molar refractivity (Wildman–Crippen MR) is 104 cm³/mol. The van der Waals surface area contributed by atoms with E-state index in [1.807, 2.05) is 6.07 Å². The molecule has 0 aromatic heterocycles. The molecule has 0 radical (unpaired) electrons. The number of carbonyl (C=O) groups is 3. The lowest BCUT2D eigenvalue weighted by Crippen LogP contribution is -2.55. The minimum atomic E-state index is -1.04. The average Bonchev–Trinajstić information content (AvgIpc) is 2.69. The van der Waals surface area contributed by atoms with Crippen molar-refractivity contribution in [3.8, 4) is 0 Å². The summed E-state index contributed by atoms with van der Waals surface area (Å²) in [5.74, 6) is -1.40. The molecule has 1 rings (SSSR count). The number of hydrogen-bond donors (Lipinski definition) is 2. The summed E-state index contributed by atoms with van der Waals surface area (Å²) >= 11 is 5.55. The number of esters is 1. The van der Waals surface area contributed by atoms with Crippen molar-refractivity contribution in [3.63, 3.8) is 0 Å². The number of halogens is 1. The van der Waals surface area contributed by atoms with E-state index < -0.39 is 30.0 Å². The van der Waals surface area contributed by atoms with Gasteiger partial charge in [0.05, 0.1) is 18.9 Å². The number of nitrogens with one attached hydrogen (secondary N) is 2. The SMILES string of the molecule is COC(=O)[C@@H](NC(=O)[C@H](Cc1ccccc1)NC(=O)N(CCCl)N=O)C(C)C. The van der Waals surface area contributed by atoms with Crippen LogP contribution < -0.4 is 10.6 Å². The number of rotatable bonds is 10. The molecule has 0 saturated carbocycles. The lowest BCUT2D eigenvalue weighted by Gasteiger charge is -2.25. The van der Waals surface area contributed by atoms with Crippen LogP contribution in [0, 0.1) is 10.8 Å². The van der Waals surface area contributed by atoms with Crippen molar-refractivity contribution in [2.75, 3.05) is 19.5 Å². The van der Waals surface area contributed by atoms with Gasteiger partial charge in [-0.1, -0.05) is 44.2 Å². The third-order valence-electron chi connectivity index (χ3n) is 3.95. The van der Waals surface area contributed by atoms with E-state index in [-0.39, 0.29) is 24.8 Å². The molecule has 0 heterocycles. The van der Waals surface area contributed by atoms with Crippen LogP contribution in [0.1, 0.15) is 19.4 Å². The van der Waals surface area contributed by atoms with Gasteiger partial charge in [-0.2, -0.15) is 5.01 Å². The molecule has 0 saturated heterocycles. The highest BCUT2D eigenvalue weighted by Crippen LogP contribution is 2.08. The number of amides is 3. The Kier molecular flexibility index (Phi) is 9.94. The van der Waals surface area contributed by atoms with E-state index in [2.05, 4.69) is 15.9 Å². The number of nitrogens with zero attached hydrogens (tertiary/aromatic N) is 2. The summed E-state index contributed by atoms with van der Waals surface area (Å²) in [6.45, 7) is 3.41. The first-order valence-corrected chi connectivity index (χ1v) is 9.26. The number of methoxy groups -OCH3 is 1. The first kappa shape index (κ1) is 23.4. The fourth-order valence-electron chi connectivity index (χ4n) is 2.42. The van der Waals surface area contributed by atoms with E-state index in [9.17, 15) is 19.3 Å². The molecule has 9 nitrogen and oxygen atoms in total. The molecule has 0 spiro atoms. The van der Waals surface area contributed by atoms with Gasteiger partial charge < -0.3 is 15.4 Å². The highest BCUT2D eigenvalue weighted by molar-refractivity contribution is 6.18. The molecule has 0 unspecified atom stereocenters. The van der Waals surface area contributed by atoms with Crippen LogP contribution in [-0.2, 0) is 20.7 Å². The highest BCUT2D eigenvalue weighted by atomic mass is 35.5. The summed E-state index contributed by atoms with van der Waals surface area (Å²) in [7, 11) is 1.23. The van der Waals surface area contributed by atoms with Crippen LogP contribution >= 0.6 is 11.6 Å². The molecule has 0 aliphatic heterocycles. The number of hydrogen-bond acceptors (Lipinski definition) is 6. The van der Waals surface area contributed by atoms with Crippen LogP contribution in [0.3, 0.4) is 0 Å². The first-order valence-electron chi connectivity index (χ1n) is 8.73. The number of benzene rings is 1. The van der Waals surface area contributed by atoms with Crippen molar-refractivity contribution in [1.82, 2.24) is 15.6 Å². The smallest absolute Gasteiger partial charge is 0.341 e. The van der Waals surface area contributed by atoms with E-state index >= 15 is 0 Å². The Labute approximate surface area is 168 Å². The molecular formula is C18H25ClN4O5. The zero-order valence-electron chi connectivity index (χ0n) is 16.1. The first-order chi connectivity index (χ1) is 13.3. The maximum absolute atomic E-state index is 12.8. The monoisotopic (exact) mass is 412 g/mol. The molecule has 154 valence electrons. The second-order valence-electron chi connectivity index (χ2n) is 6.34. The summed E-state index contributed by atoms with van der Waals surface area (Å²) in [6.07, 6.45) is 0.151. The molecule has 3 amide bonds. The molecule has 1 aromatic carbocycles. The Morgan fingerprint density at radius 2 is 1.82 bits per heavy atom. The number of urea groups is 1. The van der Waals surface area contributed by atoms with Crippen molar-refractivity contribution < 1.29 is 19.1 Å². The zero-order chi connectivity index (χ0) is 21.1. The quantitative estimate of drug-likeness (QED) is 0.263. The van der Waals surface area contributed by atoms with Crippen LogP contribution in [0.4, 0.5) is 4.79 Å². The van der Waals surface area contributed by atoms with E-state index in [1.165, 1.54) is 7.11 Å². The molecule has 0 aliphatic rings. The van der Waals surface area contributed by atoms with Crippen molar-refractivity contribution in [1.29, 1.82) is 0 Å². The minimum Gasteiger partial charge on any atom is -0.467 e. The predicted octanol–water partition coefficient (Wildman–Crippen LogP) is 1.84. The lowest BCUT2D eigenvalue weighted by atomic mass is 10.0. The summed E-state index contributed by atoms with van der Waals surface area (Å²) in [6, 6.07) is 6.22. The van der Waals surface area contributed by atoms with Crippen LogP contribution in [0.5, 0.6) is 0 Å². The van der Waals surface area contributed by atoms with E-state index in [4.69, 9.17) is 16.3 Å². The molecule has 0 aliphatic carbocycles. The lowest BCUT2D eigenvalue weighted by molar-refractivity contribution is -0.146. The van der Waals surface area contributed by atoms with Gasteiger partial charge in [-0.15, -0.1) is 16.5 Å². The van der Waals surface area contributed by atoms with Crippen LogP contribution in [0.15, 0.2) is 35.6 Å². The van der Waals surface area contributed by atoms with Crippen molar-refractivity contribution in [3.05, 3.63) is 40.8 Å². The fourth-order valence-corrected chi connectivity index (χ4v) is 2.58. The van der Waals surface area contributed by atoms with Crippen LogP contribution in [-0.4, -0.2) is 54.5 Å². The fraction of sp³-hybridized carbons (Fsp3) is 0.500. The van der Waals surface area contributed by atoms with E-state index in [0.717, 1.165) is 5.56 Å². The third kappa shape index (κ3) is 7.15. The maximum Gasteiger partial charge on any atom is 0.341 e. The van der Waals surface area contributed by atoms with Crippen molar-refractivity contribution in [2.24, 2.45) is 11.2 Å². The second kappa shape index (κ2) is 11.9. The zero-order valence-corrected chi connectivity index (χ0v) is 16.8.